The number of hydrogen-bond acceptors (Lipinski definition) is 4. The maximum absolute atomic E-state index is 4.38. The molecule has 3 heterocycles. The van der Waals surface area contributed by atoms with E-state index in [2.05, 4.69) is 21.7 Å². The zero-order valence-electron chi connectivity index (χ0n) is 7.56. The van der Waals surface area contributed by atoms with Crippen molar-refractivity contribution in [2.75, 3.05) is 6.54 Å². The number of fused-ring (bicyclic) bond motifs is 1. The van der Waals surface area contributed by atoms with Crippen LogP contribution in [-0.2, 0) is 6.42 Å². The number of rotatable bonds is 1. The van der Waals surface area contributed by atoms with Gasteiger partial charge in [-0.2, -0.15) is 0 Å². The van der Waals surface area contributed by atoms with Crippen LogP contribution in [0.4, 0.5) is 0 Å². The van der Waals surface area contributed by atoms with E-state index in [1.807, 2.05) is 22.9 Å². The van der Waals surface area contributed by atoms with Crippen LogP contribution >= 0.6 is 22.7 Å². The van der Waals surface area contributed by atoms with Crippen molar-refractivity contribution in [2.24, 2.45) is 0 Å². The van der Waals surface area contributed by atoms with E-state index in [1.165, 1.54) is 15.4 Å². The topological polar surface area (TPSA) is 24.9 Å². The Labute approximate surface area is 90.6 Å². The first-order valence-corrected chi connectivity index (χ1v) is 6.40. The highest BCUT2D eigenvalue weighted by Gasteiger charge is 2.23. The van der Waals surface area contributed by atoms with Crippen molar-refractivity contribution < 1.29 is 0 Å². The molecule has 0 bridgehead atoms. The van der Waals surface area contributed by atoms with E-state index in [-0.39, 0.29) is 0 Å². The summed E-state index contributed by atoms with van der Waals surface area (Å²) < 4.78 is 0. The van der Waals surface area contributed by atoms with Gasteiger partial charge in [-0.1, -0.05) is 0 Å². The third kappa shape index (κ3) is 1.30. The van der Waals surface area contributed by atoms with Gasteiger partial charge in [-0.25, -0.2) is 4.98 Å². The summed E-state index contributed by atoms with van der Waals surface area (Å²) >= 11 is 3.57. The Bertz CT molecular complexity index is 419. The first-order chi connectivity index (χ1) is 6.95. The molecule has 3 rings (SSSR count). The second-order valence-electron chi connectivity index (χ2n) is 3.32. The lowest BCUT2D eigenvalue weighted by atomic mass is 10.0. The summed E-state index contributed by atoms with van der Waals surface area (Å²) in [6.07, 6.45) is 3.03. The summed E-state index contributed by atoms with van der Waals surface area (Å²) in [5, 5.41) is 8.93. The highest BCUT2D eigenvalue weighted by atomic mass is 32.1. The zero-order chi connectivity index (χ0) is 9.38. The van der Waals surface area contributed by atoms with E-state index in [9.17, 15) is 0 Å². The van der Waals surface area contributed by atoms with E-state index in [0.717, 1.165) is 13.0 Å². The monoisotopic (exact) mass is 222 g/mol. The number of aromatic nitrogens is 1. The van der Waals surface area contributed by atoms with Gasteiger partial charge in [0.15, 0.2) is 0 Å². The largest absolute Gasteiger partial charge is 0.303 e. The molecule has 2 nitrogen and oxygen atoms in total. The quantitative estimate of drug-likeness (QED) is 0.801. The van der Waals surface area contributed by atoms with Gasteiger partial charge in [-0.15, -0.1) is 22.7 Å². The lowest BCUT2D eigenvalue weighted by Crippen LogP contribution is -2.29. The van der Waals surface area contributed by atoms with Gasteiger partial charge in [0.1, 0.15) is 5.01 Å². The van der Waals surface area contributed by atoms with Crippen molar-refractivity contribution in [2.45, 2.75) is 12.5 Å². The highest BCUT2D eigenvalue weighted by Crippen LogP contribution is 2.33. The molecule has 2 aromatic rings. The summed E-state index contributed by atoms with van der Waals surface area (Å²) in [4.78, 5) is 5.83. The molecule has 1 aliphatic heterocycles. The fourth-order valence-electron chi connectivity index (χ4n) is 1.83. The molecule has 0 spiro atoms. The molecular weight excluding hydrogens is 212 g/mol. The van der Waals surface area contributed by atoms with Crippen LogP contribution in [0.15, 0.2) is 23.0 Å². The lowest BCUT2D eigenvalue weighted by molar-refractivity contribution is 0.576. The SMILES string of the molecule is c1csc(C2NCCc3ccsc32)n1. The minimum Gasteiger partial charge on any atom is -0.303 e. The molecule has 0 amide bonds. The van der Waals surface area contributed by atoms with E-state index < -0.39 is 0 Å². The number of hydrogen-bond donors (Lipinski definition) is 1. The summed E-state index contributed by atoms with van der Waals surface area (Å²) in [7, 11) is 0. The maximum atomic E-state index is 4.38. The van der Waals surface area contributed by atoms with E-state index in [1.54, 1.807) is 11.3 Å². The molecule has 0 aromatic carbocycles. The van der Waals surface area contributed by atoms with Crippen LogP contribution in [-0.4, -0.2) is 11.5 Å². The normalized spacial score (nSPS) is 20.7. The molecule has 1 atom stereocenters. The van der Waals surface area contributed by atoms with E-state index >= 15 is 0 Å². The Balaban J connectivity index is 2.04. The minimum absolute atomic E-state index is 0.346. The fraction of sp³-hybridized carbons (Fsp3) is 0.300. The first-order valence-electron chi connectivity index (χ1n) is 4.64. The third-order valence-electron chi connectivity index (χ3n) is 2.48. The Morgan fingerprint density at radius 2 is 2.36 bits per heavy atom. The van der Waals surface area contributed by atoms with Crippen molar-refractivity contribution in [3.8, 4) is 0 Å². The van der Waals surface area contributed by atoms with Gasteiger partial charge in [0.05, 0.1) is 6.04 Å². The average Bonchev–Trinajstić information content (AvgIpc) is 2.88. The molecule has 1 unspecified atom stereocenters. The molecule has 0 saturated heterocycles. The zero-order valence-corrected chi connectivity index (χ0v) is 9.20. The molecule has 0 fully saturated rings. The number of nitrogens with one attached hydrogen (secondary N) is 1. The molecule has 0 saturated carbocycles. The van der Waals surface area contributed by atoms with Gasteiger partial charge in [-0.05, 0) is 23.4 Å². The van der Waals surface area contributed by atoms with Gasteiger partial charge in [0.25, 0.3) is 0 Å². The summed E-state index contributed by atoms with van der Waals surface area (Å²) in [6.45, 7) is 1.06. The Morgan fingerprint density at radius 1 is 1.36 bits per heavy atom. The first kappa shape index (κ1) is 8.59. The van der Waals surface area contributed by atoms with Crippen LogP contribution in [0.25, 0.3) is 0 Å². The molecule has 0 radical (unpaired) electrons. The van der Waals surface area contributed by atoms with Crippen LogP contribution < -0.4 is 5.32 Å². The van der Waals surface area contributed by atoms with E-state index in [0.29, 0.717) is 6.04 Å². The molecule has 4 heteroatoms. The van der Waals surface area contributed by atoms with Crippen molar-refractivity contribution in [1.29, 1.82) is 0 Å². The Morgan fingerprint density at radius 3 is 3.21 bits per heavy atom. The second-order valence-corrected chi connectivity index (χ2v) is 5.19. The van der Waals surface area contributed by atoms with Crippen molar-refractivity contribution in [3.63, 3.8) is 0 Å². The van der Waals surface area contributed by atoms with Crippen LogP contribution in [0, 0.1) is 0 Å². The van der Waals surface area contributed by atoms with Crippen LogP contribution in [0.1, 0.15) is 21.5 Å². The lowest BCUT2D eigenvalue weighted by Gasteiger charge is -2.21. The molecule has 72 valence electrons. The minimum atomic E-state index is 0.346. The predicted molar refractivity (Wildman–Crippen MR) is 60.0 cm³/mol. The summed E-state index contributed by atoms with van der Waals surface area (Å²) in [5.74, 6) is 0. The number of thiazole rings is 1. The molecule has 1 N–H and O–H groups in total. The fourth-order valence-corrected chi connectivity index (χ4v) is 3.65. The van der Waals surface area contributed by atoms with Crippen LogP contribution in [0.2, 0.25) is 0 Å². The third-order valence-corrected chi connectivity index (χ3v) is 4.35. The summed E-state index contributed by atoms with van der Waals surface area (Å²) in [5.41, 5.74) is 1.49. The van der Waals surface area contributed by atoms with Crippen molar-refractivity contribution >= 4 is 22.7 Å². The number of thiophene rings is 1. The van der Waals surface area contributed by atoms with Crippen LogP contribution in [0.3, 0.4) is 0 Å². The number of nitrogens with zero attached hydrogens (tertiary/aromatic N) is 1. The highest BCUT2D eigenvalue weighted by molar-refractivity contribution is 7.11. The van der Waals surface area contributed by atoms with Gasteiger partial charge in [0, 0.05) is 23.0 Å². The molecule has 1 aliphatic rings. The van der Waals surface area contributed by atoms with Crippen LogP contribution in [0.5, 0.6) is 0 Å². The standard InChI is InChI=1S/C10H10N2S2/c1-3-11-8(10-12-4-6-14-10)9-7(1)2-5-13-9/h2,4-6,8,11H,1,3H2. The molecule has 0 aliphatic carbocycles. The van der Waals surface area contributed by atoms with Gasteiger partial charge in [-0.3, -0.25) is 0 Å². The van der Waals surface area contributed by atoms with Gasteiger partial charge < -0.3 is 5.32 Å². The smallest absolute Gasteiger partial charge is 0.115 e. The molecular formula is C10H10N2S2. The molecule has 14 heavy (non-hydrogen) atoms. The van der Waals surface area contributed by atoms with Gasteiger partial charge >= 0.3 is 0 Å². The van der Waals surface area contributed by atoms with Crippen molar-refractivity contribution in [3.05, 3.63) is 38.5 Å². The van der Waals surface area contributed by atoms with E-state index in [4.69, 9.17) is 0 Å². The molecule has 2 aromatic heterocycles. The van der Waals surface area contributed by atoms with Crippen molar-refractivity contribution in [1.82, 2.24) is 10.3 Å². The summed E-state index contributed by atoms with van der Waals surface area (Å²) in [6, 6.07) is 2.58. The average molecular weight is 222 g/mol. The predicted octanol–water partition coefficient (Wildman–Crippen LogP) is 2.44. The Hall–Kier alpha value is -0.710. The maximum Gasteiger partial charge on any atom is 0.115 e. The second kappa shape index (κ2) is 3.46. The van der Waals surface area contributed by atoms with Gasteiger partial charge in [0.2, 0.25) is 0 Å². The Kier molecular flexibility index (Phi) is 2.12.